The third-order valence-electron chi connectivity index (χ3n) is 3.99. The number of ether oxygens (including phenoxy) is 2. The Morgan fingerprint density at radius 3 is 2.44 bits per heavy atom. The average Bonchev–Trinajstić information content (AvgIpc) is 2.59. The molecule has 1 aliphatic heterocycles. The van der Waals surface area contributed by atoms with Crippen LogP contribution in [0.4, 0.5) is 9.59 Å². The van der Waals surface area contributed by atoms with Gasteiger partial charge < -0.3 is 24.8 Å². The first-order valence-corrected chi connectivity index (χ1v) is 8.82. The molecule has 148 valence electrons. The van der Waals surface area contributed by atoms with Gasteiger partial charge in [-0.2, -0.15) is 0 Å². The Morgan fingerprint density at radius 1 is 1.19 bits per heavy atom. The minimum Gasteiger partial charge on any atom is -0.481 e. The van der Waals surface area contributed by atoms with Gasteiger partial charge in [-0.1, -0.05) is 30.3 Å². The molecule has 2 rings (SSSR count). The van der Waals surface area contributed by atoms with Gasteiger partial charge in [0.05, 0.1) is 12.0 Å². The lowest BCUT2D eigenvalue weighted by Crippen LogP contribution is -2.54. The summed E-state index contributed by atoms with van der Waals surface area (Å²) in [5.74, 6) is -1.81. The lowest BCUT2D eigenvalue weighted by molar-refractivity contribution is -0.143. The molecule has 1 fully saturated rings. The first-order valence-electron chi connectivity index (χ1n) is 8.82. The Hall–Kier alpha value is -2.77. The van der Waals surface area contributed by atoms with Gasteiger partial charge in [-0.05, 0) is 32.8 Å². The van der Waals surface area contributed by atoms with Gasteiger partial charge in [0.2, 0.25) is 0 Å². The average molecular weight is 378 g/mol. The van der Waals surface area contributed by atoms with Crippen molar-refractivity contribution in [3.8, 4) is 0 Å². The molecule has 27 heavy (non-hydrogen) atoms. The number of hydrogen-bond acceptors (Lipinski definition) is 5. The van der Waals surface area contributed by atoms with Crippen molar-refractivity contribution in [3.63, 3.8) is 0 Å². The first kappa shape index (κ1) is 20.5. The van der Waals surface area contributed by atoms with Crippen LogP contribution in [0.15, 0.2) is 30.3 Å². The topological polar surface area (TPSA) is 105 Å². The number of hydrogen-bond donors (Lipinski definition) is 2. The number of carbonyl (C=O) groups is 3. The second-order valence-electron chi connectivity index (χ2n) is 7.56. The van der Waals surface area contributed by atoms with E-state index in [1.807, 2.05) is 30.3 Å². The van der Waals surface area contributed by atoms with E-state index in [0.717, 1.165) is 5.56 Å². The lowest BCUT2D eigenvalue weighted by Gasteiger charge is -2.36. The number of piperidine rings is 1. The number of nitrogens with zero attached hydrogens (tertiary/aromatic N) is 1. The van der Waals surface area contributed by atoms with E-state index < -0.39 is 35.7 Å². The smallest absolute Gasteiger partial charge is 0.410 e. The van der Waals surface area contributed by atoms with Gasteiger partial charge in [0.1, 0.15) is 12.2 Å². The molecule has 2 atom stereocenters. The molecule has 1 aliphatic rings. The number of carbonyl (C=O) groups excluding carboxylic acids is 2. The van der Waals surface area contributed by atoms with E-state index in [0.29, 0.717) is 0 Å². The van der Waals surface area contributed by atoms with Crippen molar-refractivity contribution in [2.75, 3.05) is 13.1 Å². The maximum Gasteiger partial charge on any atom is 0.410 e. The van der Waals surface area contributed by atoms with Gasteiger partial charge >= 0.3 is 18.2 Å². The highest BCUT2D eigenvalue weighted by molar-refractivity contribution is 5.74. The van der Waals surface area contributed by atoms with Crippen LogP contribution < -0.4 is 5.32 Å². The van der Waals surface area contributed by atoms with Crippen molar-refractivity contribution in [1.29, 1.82) is 0 Å². The van der Waals surface area contributed by atoms with Crippen molar-refractivity contribution < 1.29 is 29.0 Å². The van der Waals surface area contributed by atoms with Crippen LogP contribution in [0.5, 0.6) is 0 Å². The molecule has 1 aromatic rings. The summed E-state index contributed by atoms with van der Waals surface area (Å²) in [5.41, 5.74) is 0.153. The fraction of sp³-hybridized carbons (Fsp3) is 0.526. The Bertz CT molecular complexity index is 671. The maximum atomic E-state index is 12.3. The van der Waals surface area contributed by atoms with Gasteiger partial charge in [-0.15, -0.1) is 0 Å². The summed E-state index contributed by atoms with van der Waals surface area (Å²) in [6, 6.07) is 8.68. The SMILES string of the molecule is CC(C)(C)OC(=O)N1C[C@H](NC(=O)OCc2ccccc2)C[C@H](C(=O)O)C1. The monoisotopic (exact) mass is 378 g/mol. The van der Waals surface area contributed by atoms with Crippen LogP contribution >= 0.6 is 0 Å². The van der Waals surface area contributed by atoms with Crippen LogP contribution in [-0.4, -0.2) is 52.9 Å². The van der Waals surface area contributed by atoms with Gasteiger partial charge in [0.15, 0.2) is 0 Å². The van der Waals surface area contributed by atoms with Crippen LogP contribution in [-0.2, 0) is 20.9 Å². The molecule has 0 unspecified atom stereocenters. The standard InChI is InChI=1S/C19H26N2O6/c1-19(2,3)27-18(25)21-10-14(16(22)23)9-15(11-21)20-17(24)26-12-13-7-5-4-6-8-13/h4-8,14-15H,9-12H2,1-3H3,(H,20,24)(H,22,23)/t14-,15+/m0/s1. The molecule has 0 aromatic heterocycles. The van der Waals surface area contributed by atoms with Gasteiger partial charge in [0.25, 0.3) is 0 Å². The molecule has 8 nitrogen and oxygen atoms in total. The summed E-state index contributed by atoms with van der Waals surface area (Å²) in [6.45, 7) is 5.53. The fourth-order valence-corrected chi connectivity index (χ4v) is 2.79. The van der Waals surface area contributed by atoms with Crippen LogP contribution in [0.1, 0.15) is 32.8 Å². The molecule has 1 heterocycles. The highest BCUT2D eigenvalue weighted by Gasteiger charge is 2.36. The number of benzene rings is 1. The van der Waals surface area contributed by atoms with Crippen molar-refractivity contribution in [1.82, 2.24) is 10.2 Å². The summed E-state index contributed by atoms with van der Waals surface area (Å²) in [6.07, 6.45) is -1.04. The third kappa shape index (κ3) is 6.80. The first-order chi connectivity index (χ1) is 12.6. The molecule has 2 amide bonds. The Morgan fingerprint density at radius 2 is 1.85 bits per heavy atom. The molecular formula is C19H26N2O6. The van der Waals surface area contributed by atoms with Gasteiger partial charge in [0, 0.05) is 13.1 Å². The summed E-state index contributed by atoms with van der Waals surface area (Å²) in [4.78, 5) is 37.1. The zero-order chi connectivity index (χ0) is 20.0. The van der Waals surface area contributed by atoms with E-state index >= 15 is 0 Å². The zero-order valence-electron chi connectivity index (χ0n) is 15.8. The number of likely N-dealkylation sites (tertiary alicyclic amines) is 1. The largest absolute Gasteiger partial charge is 0.481 e. The molecule has 1 saturated heterocycles. The van der Waals surface area contributed by atoms with Crippen molar-refractivity contribution in [2.45, 2.75) is 45.4 Å². The Kier molecular flexibility index (Phi) is 6.65. The molecule has 8 heteroatoms. The number of nitrogens with one attached hydrogen (secondary N) is 1. The van der Waals surface area contributed by atoms with Crippen molar-refractivity contribution in [2.24, 2.45) is 5.92 Å². The van der Waals surface area contributed by atoms with E-state index in [1.165, 1.54) is 4.90 Å². The van der Waals surface area contributed by atoms with Crippen molar-refractivity contribution in [3.05, 3.63) is 35.9 Å². The number of aliphatic carboxylic acids is 1. The second-order valence-corrected chi connectivity index (χ2v) is 7.56. The predicted octanol–water partition coefficient (Wildman–Crippen LogP) is 2.62. The third-order valence-corrected chi connectivity index (χ3v) is 3.99. The van der Waals surface area contributed by atoms with Crippen LogP contribution in [0.3, 0.4) is 0 Å². The van der Waals surface area contributed by atoms with E-state index in [-0.39, 0.29) is 26.1 Å². The van der Waals surface area contributed by atoms with E-state index in [9.17, 15) is 19.5 Å². The van der Waals surface area contributed by atoms with E-state index in [2.05, 4.69) is 5.32 Å². The summed E-state index contributed by atoms with van der Waals surface area (Å²) >= 11 is 0. The number of alkyl carbamates (subject to hydrolysis) is 1. The number of amides is 2. The lowest BCUT2D eigenvalue weighted by atomic mass is 9.94. The normalized spacial score (nSPS) is 19.9. The Balaban J connectivity index is 1.94. The highest BCUT2D eigenvalue weighted by Crippen LogP contribution is 2.20. The molecule has 0 radical (unpaired) electrons. The zero-order valence-corrected chi connectivity index (χ0v) is 15.8. The molecule has 0 spiro atoms. The predicted molar refractivity (Wildman–Crippen MR) is 97.1 cm³/mol. The highest BCUT2D eigenvalue weighted by atomic mass is 16.6. The molecule has 0 bridgehead atoms. The summed E-state index contributed by atoms with van der Waals surface area (Å²) < 4.78 is 10.5. The number of carboxylic acids is 1. The van der Waals surface area contributed by atoms with E-state index in [1.54, 1.807) is 20.8 Å². The quantitative estimate of drug-likeness (QED) is 0.834. The number of rotatable bonds is 4. The molecular weight excluding hydrogens is 352 g/mol. The molecule has 2 N–H and O–H groups in total. The minimum atomic E-state index is -1.02. The van der Waals surface area contributed by atoms with Crippen molar-refractivity contribution >= 4 is 18.2 Å². The molecule has 0 aliphatic carbocycles. The van der Waals surface area contributed by atoms with Crippen LogP contribution in [0.2, 0.25) is 0 Å². The van der Waals surface area contributed by atoms with Crippen LogP contribution in [0, 0.1) is 5.92 Å². The second kappa shape index (κ2) is 8.75. The summed E-state index contributed by atoms with van der Waals surface area (Å²) in [5, 5.41) is 12.0. The summed E-state index contributed by atoms with van der Waals surface area (Å²) in [7, 11) is 0. The number of carboxylic acid groups (broad SMARTS) is 1. The Labute approximate surface area is 158 Å². The molecule has 1 aromatic carbocycles. The minimum absolute atomic E-state index is 0.0431. The van der Waals surface area contributed by atoms with Gasteiger partial charge in [-0.3, -0.25) is 4.79 Å². The van der Waals surface area contributed by atoms with Crippen LogP contribution in [0.25, 0.3) is 0 Å². The maximum absolute atomic E-state index is 12.3. The van der Waals surface area contributed by atoms with Gasteiger partial charge in [-0.25, -0.2) is 9.59 Å². The fourth-order valence-electron chi connectivity index (χ4n) is 2.79. The van der Waals surface area contributed by atoms with E-state index in [4.69, 9.17) is 9.47 Å². The molecule has 0 saturated carbocycles.